The first-order chi connectivity index (χ1) is 9.72. The minimum Gasteiger partial charge on any atom is -0.383 e. The Labute approximate surface area is 126 Å². The predicted octanol–water partition coefficient (Wildman–Crippen LogP) is 3.54. The number of nitrogens with two attached hydrogens (primary N) is 1. The Morgan fingerprint density at radius 2 is 2.20 bits per heavy atom. The van der Waals surface area contributed by atoms with Gasteiger partial charge in [-0.1, -0.05) is 43.7 Å². The van der Waals surface area contributed by atoms with Crippen LogP contribution in [0.3, 0.4) is 0 Å². The third-order valence-electron chi connectivity index (χ3n) is 4.30. The van der Waals surface area contributed by atoms with Gasteiger partial charge in [0.05, 0.1) is 30.1 Å². The molecule has 1 atom stereocenters. The molecule has 0 amide bonds. The predicted molar refractivity (Wildman–Crippen MR) is 81.9 cm³/mol. The summed E-state index contributed by atoms with van der Waals surface area (Å²) in [6.07, 6.45) is 10.8. The molecule has 1 saturated carbocycles. The molecule has 5 heteroatoms. The van der Waals surface area contributed by atoms with Crippen LogP contribution in [0, 0.1) is 5.92 Å². The van der Waals surface area contributed by atoms with E-state index in [0.717, 1.165) is 18.0 Å². The van der Waals surface area contributed by atoms with Gasteiger partial charge in [0.2, 0.25) is 0 Å². The average Bonchev–Trinajstić information content (AvgIpc) is 2.84. The van der Waals surface area contributed by atoms with Gasteiger partial charge in [-0.05, 0) is 18.8 Å². The van der Waals surface area contributed by atoms with Gasteiger partial charge in [-0.15, -0.1) is 0 Å². The maximum absolute atomic E-state index is 6.34. The smallest absolute Gasteiger partial charge is 0.0834 e. The molecule has 1 aromatic heterocycles. The Hall–Kier alpha value is -0.580. The second kappa shape index (κ2) is 8.01. The van der Waals surface area contributed by atoms with Crippen LogP contribution in [-0.4, -0.2) is 23.5 Å². The van der Waals surface area contributed by atoms with E-state index in [1.54, 1.807) is 13.3 Å². The SMILES string of the molecule is COCCn1ncc(Cl)c1C(N)CCC1CCCCC1. The van der Waals surface area contributed by atoms with Gasteiger partial charge < -0.3 is 10.5 Å². The number of nitrogens with zero attached hydrogens (tertiary/aromatic N) is 2. The number of ether oxygens (including phenoxy) is 1. The number of hydrogen-bond donors (Lipinski definition) is 1. The van der Waals surface area contributed by atoms with Crippen LogP contribution in [0.5, 0.6) is 0 Å². The van der Waals surface area contributed by atoms with E-state index in [-0.39, 0.29) is 6.04 Å². The topological polar surface area (TPSA) is 53.1 Å². The van der Waals surface area contributed by atoms with E-state index < -0.39 is 0 Å². The molecule has 0 radical (unpaired) electrons. The lowest BCUT2D eigenvalue weighted by molar-refractivity contribution is 0.181. The second-order valence-electron chi connectivity index (χ2n) is 5.78. The fourth-order valence-corrected chi connectivity index (χ4v) is 3.41. The molecule has 1 aliphatic carbocycles. The zero-order valence-corrected chi connectivity index (χ0v) is 13.1. The zero-order chi connectivity index (χ0) is 14.4. The average molecular weight is 300 g/mol. The molecule has 0 aliphatic heterocycles. The molecule has 114 valence electrons. The molecular formula is C15H26ClN3O. The van der Waals surface area contributed by atoms with Crippen molar-refractivity contribution in [3.63, 3.8) is 0 Å². The molecule has 1 aromatic rings. The van der Waals surface area contributed by atoms with Crippen LogP contribution in [0.1, 0.15) is 56.7 Å². The summed E-state index contributed by atoms with van der Waals surface area (Å²) in [7, 11) is 1.69. The highest BCUT2D eigenvalue weighted by atomic mass is 35.5. The van der Waals surface area contributed by atoms with Gasteiger partial charge in [-0.25, -0.2) is 0 Å². The van der Waals surface area contributed by atoms with Gasteiger partial charge >= 0.3 is 0 Å². The van der Waals surface area contributed by atoms with Crippen molar-refractivity contribution in [1.29, 1.82) is 0 Å². The van der Waals surface area contributed by atoms with E-state index >= 15 is 0 Å². The van der Waals surface area contributed by atoms with Gasteiger partial charge in [0.15, 0.2) is 0 Å². The Morgan fingerprint density at radius 3 is 2.90 bits per heavy atom. The van der Waals surface area contributed by atoms with Gasteiger partial charge in [-0.3, -0.25) is 4.68 Å². The molecule has 20 heavy (non-hydrogen) atoms. The van der Waals surface area contributed by atoms with E-state index in [1.165, 1.54) is 38.5 Å². The minimum absolute atomic E-state index is 0.0243. The molecule has 1 heterocycles. The molecule has 1 aliphatic rings. The third-order valence-corrected chi connectivity index (χ3v) is 4.59. The minimum atomic E-state index is -0.0243. The fraction of sp³-hybridized carbons (Fsp3) is 0.800. The second-order valence-corrected chi connectivity index (χ2v) is 6.19. The van der Waals surface area contributed by atoms with E-state index in [0.29, 0.717) is 18.2 Å². The molecular weight excluding hydrogens is 274 g/mol. The van der Waals surface area contributed by atoms with Crippen molar-refractivity contribution in [3.8, 4) is 0 Å². The standard InChI is InChI=1S/C15H26ClN3O/c1-20-10-9-19-15(13(16)11-18-19)14(17)8-7-12-5-3-2-4-6-12/h11-12,14H,2-10,17H2,1H3. The molecule has 1 fully saturated rings. The normalized spacial score (nSPS) is 18.4. The summed E-state index contributed by atoms with van der Waals surface area (Å²) in [6, 6.07) is -0.0243. The van der Waals surface area contributed by atoms with Crippen molar-refractivity contribution in [3.05, 3.63) is 16.9 Å². The van der Waals surface area contributed by atoms with Gasteiger partial charge in [-0.2, -0.15) is 5.10 Å². The molecule has 2 rings (SSSR count). The number of rotatable bonds is 7. The first-order valence-corrected chi connectivity index (χ1v) is 8.06. The van der Waals surface area contributed by atoms with Gasteiger partial charge in [0.25, 0.3) is 0 Å². The molecule has 0 saturated heterocycles. The van der Waals surface area contributed by atoms with Crippen LogP contribution >= 0.6 is 11.6 Å². The van der Waals surface area contributed by atoms with Crippen LogP contribution in [-0.2, 0) is 11.3 Å². The zero-order valence-electron chi connectivity index (χ0n) is 12.4. The highest BCUT2D eigenvalue weighted by molar-refractivity contribution is 6.31. The molecule has 0 spiro atoms. The lowest BCUT2D eigenvalue weighted by atomic mass is 9.85. The van der Waals surface area contributed by atoms with E-state index in [2.05, 4.69) is 5.10 Å². The van der Waals surface area contributed by atoms with E-state index in [4.69, 9.17) is 22.1 Å². The molecule has 2 N–H and O–H groups in total. The van der Waals surface area contributed by atoms with Gasteiger partial charge in [0, 0.05) is 13.2 Å². The number of methoxy groups -OCH3 is 1. The highest BCUT2D eigenvalue weighted by Gasteiger charge is 2.19. The first-order valence-electron chi connectivity index (χ1n) is 7.68. The van der Waals surface area contributed by atoms with Gasteiger partial charge in [0.1, 0.15) is 0 Å². The lowest BCUT2D eigenvalue weighted by Gasteiger charge is -2.23. The van der Waals surface area contributed by atoms with Crippen LogP contribution in [0.2, 0.25) is 5.02 Å². The molecule has 0 aromatic carbocycles. The Bertz CT molecular complexity index is 402. The van der Waals surface area contributed by atoms with Crippen molar-refractivity contribution in [2.45, 2.75) is 57.5 Å². The van der Waals surface area contributed by atoms with Crippen molar-refractivity contribution in [2.75, 3.05) is 13.7 Å². The number of aromatic nitrogens is 2. The monoisotopic (exact) mass is 299 g/mol. The Morgan fingerprint density at radius 1 is 1.45 bits per heavy atom. The summed E-state index contributed by atoms with van der Waals surface area (Å²) < 4.78 is 6.99. The summed E-state index contributed by atoms with van der Waals surface area (Å²) in [5.74, 6) is 0.851. The highest BCUT2D eigenvalue weighted by Crippen LogP contribution is 2.31. The van der Waals surface area contributed by atoms with Crippen LogP contribution in [0.4, 0.5) is 0 Å². The fourth-order valence-electron chi connectivity index (χ4n) is 3.12. The number of halogens is 1. The summed E-state index contributed by atoms with van der Waals surface area (Å²) in [6.45, 7) is 1.33. The summed E-state index contributed by atoms with van der Waals surface area (Å²) in [5.41, 5.74) is 7.30. The van der Waals surface area contributed by atoms with Crippen molar-refractivity contribution in [2.24, 2.45) is 11.7 Å². The Balaban J connectivity index is 1.90. The molecule has 4 nitrogen and oxygen atoms in total. The first kappa shape index (κ1) is 15.8. The van der Waals surface area contributed by atoms with E-state index in [9.17, 15) is 0 Å². The molecule has 0 bridgehead atoms. The quantitative estimate of drug-likeness (QED) is 0.838. The summed E-state index contributed by atoms with van der Waals surface area (Å²) >= 11 is 6.24. The summed E-state index contributed by atoms with van der Waals surface area (Å²) in [4.78, 5) is 0. The van der Waals surface area contributed by atoms with Crippen LogP contribution < -0.4 is 5.73 Å². The maximum atomic E-state index is 6.34. The van der Waals surface area contributed by atoms with Crippen molar-refractivity contribution in [1.82, 2.24) is 9.78 Å². The van der Waals surface area contributed by atoms with Crippen LogP contribution in [0.25, 0.3) is 0 Å². The molecule has 1 unspecified atom stereocenters. The van der Waals surface area contributed by atoms with Crippen LogP contribution in [0.15, 0.2) is 6.20 Å². The van der Waals surface area contributed by atoms with Crippen molar-refractivity contribution >= 4 is 11.6 Å². The number of hydrogen-bond acceptors (Lipinski definition) is 3. The Kier molecular flexibility index (Phi) is 6.33. The van der Waals surface area contributed by atoms with E-state index in [1.807, 2.05) is 4.68 Å². The summed E-state index contributed by atoms with van der Waals surface area (Å²) in [5, 5.41) is 4.97. The largest absolute Gasteiger partial charge is 0.383 e. The maximum Gasteiger partial charge on any atom is 0.0834 e. The third kappa shape index (κ3) is 4.21. The van der Waals surface area contributed by atoms with Crippen molar-refractivity contribution < 1.29 is 4.74 Å². The lowest BCUT2D eigenvalue weighted by Crippen LogP contribution is -2.20.